The van der Waals surface area contributed by atoms with Crippen LogP contribution in [-0.4, -0.2) is 13.0 Å². The second kappa shape index (κ2) is 6.59. The predicted octanol–water partition coefficient (Wildman–Crippen LogP) is 3.76. The van der Waals surface area contributed by atoms with E-state index in [0.29, 0.717) is 17.7 Å². The summed E-state index contributed by atoms with van der Waals surface area (Å²) in [6.07, 6.45) is 0. The number of rotatable bonds is 4. The van der Waals surface area contributed by atoms with Gasteiger partial charge in [0.2, 0.25) is 0 Å². The summed E-state index contributed by atoms with van der Waals surface area (Å²) < 4.78 is 13.8. The normalized spacial score (nSPS) is 10.3. The van der Waals surface area contributed by atoms with Gasteiger partial charge in [-0.25, -0.2) is 4.39 Å². The molecule has 0 fully saturated rings. The van der Waals surface area contributed by atoms with Gasteiger partial charge in [0.15, 0.2) is 0 Å². The van der Waals surface area contributed by atoms with E-state index in [-0.39, 0.29) is 10.9 Å². The van der Waals surface area contributed by atoms with Crippen LogP contribution in [0.15, 0.2) is 36.4 Å². The summed E-state index contributed by atoms with van der Waals surface area (Å²) in [5, 5.41) is 5.84. The summed E-state index contributed by atoms with van der Waals surface area (Å²) in [7, 11) is 1.59. The lowest BCUT2D eigenvalue weighted by molar-refractivity contribution is 0.0962. The summed E-state index contributed by atoms with van der Waals surface area (Å²) in [6, 6.07) is 10.3. The van der Waals surface area contributed by atoms with Crippen LogP contribution in [0.2, 0.25) is 5.02 Å². The fourth-order valence-electron chi connectivity index (χ4n) is 2.08. The largest absolute Gasteiger partial charge is 0.381 e. The third kappa shape index (κ3) is 3.34. The number of benzene rings is 2. The van der Waals surface area contributed by atoms with Crippen LogP contribution < -0.4 is 10.6 Å². The number of amides is 1. The summed E-state index contributed by atoms with van der Waals surface area (Å²) >= 11 is 5.76. The van der Waals surface area contributed by atoms with Crippen molar-refractivity contribution in [2.75, 3.05) is 12.4 Å². The predicted molar refractivity (Wildman–Crippen MR) is 83.3 cm³/mol. The fourth-order valence-corrected chi connectivity index (χ4v) is 2.28. The number of carbonyl (C=O) groups excluding carboxylic acids is 1. The Labute approximate surface area is 128 Å². The highest BCUT2D eigenvalue weighted by atomic mass is 35.5. The van der Waals surface area contributed by atoms with Gasteiger partial charge in [-0.05, 0) is 30.7 Å². The van der Waals surface area contributed by atoms with Gasteiger partial charge in [0.25, 0.3) is 5.91 Å². The third-order valence-corrected chi connectivity index (χ3v) is 3.60. The molecular formula is C16H16ClFN2O. The van der Waals surface area contributed by atoms with Crippen molar-refractivity contribution in [3.05, 3.63) is 63.9 Å². The minimum Gasteiger partial charge on any atom is -0.381 e. The molecule has 2 rings (SSSR count). The molecule has 0 heterocycles. The quantitative estimate of drug-likeness (QED) is 0.903. The summed E-state index contributed by atoms with van der Waals surface area (Å²) in [5.41, 5.74) is 2.68. The molecule has 5 heteroatoms. The van der Waals surface area contributed by atoms with Gasteiger partial charge in [0.05, 0.1) is 5.02 Å². The lowest BCUT2D eigenvalue weighted by Crippen LogP contribution is -2.19. The SMILES string of the molecule is CNC(=O)c1cccc(NCc2cccc(Cl)c2F)c1C. The van der Waals surface area contributed by atoms with Crippen molar-refractivity contribution in [3.8, 4) is 0 Å². The molecule has 0 spiro atoms. The lowest BCUT2D eigenvalue weighted by Gasteiger charge is -2.13. The Kier molecular flexibility index (Phi) is 4.81. The smallest absolute Gasteiger partial charge is 0.251 e. The van der Waals surface area contributed by atoms with Crippen molar-refractivity contribution in [1.29, 1.82) is 0 Å². The zero-order valence-corrected chi connectivity index (χ0v) is 12.6. The van der Waals surface area contributed by atoms with E-state index >= 15 is 0 Å². The zero-order valence-electron chi connectivity index (χ0n) is 11.8. The molecule has 2 aromatic rings. The van der Waals surface area contributed by atoms with E-state index in [0.717, 1.165) is 11.3 Å². The van der Waals surface area contributed by atoms with Crippen LogP contribution in [-0.2, 0) is 6.54 Å². The molecule has 3 nitrogen and oxygen atoms in total. The number of hydrogen-bond acceptors (Lipinski definition) is 2. The molecule has 0 atom stereocenters. The Morgan fingerprint density at radius 2 is 1.95 bits per heavy atom. The maximum atomic E-state index is 13.8. The standard InChI is InChI=1S/C16H16ClFN2O/c1-10-12(16(21)19-2)6-4-8-14(10)20-9-11-5-3-7-13(17)15(11)18/h3-8,20H,9H2,1-2H3,(H,19,21). The molecule has 21 heavy (non-hydrogen) atoms. The Balaban J connectivity index is 2.21. The van der Waals surface area contributed by atoms with Gasteiger partial charge in [0.1, 0.15) is 5.82 Å². The fraction of sp³-hybridized carbons (Fsp3) is 0.188. The molecule has 0 bridgehead atoms. The first kappa shape index (κ1) is 15.3. The van der Waals surface area contributed by atoms with Crippen LogP contribution in [0, 0.1) is 12.7 Å². The molecular weight excluding hydrogens is 291 g/mol. The number of nitrogens with one attached hydrogen (secondary N) is 2. The second-order valence-corrected chi connectivity index (χ2v) is 5.03. The van der Waals surface area contributed by atoms with Crippen molar-refractivity contribution in [1.82, 2.24) is 5.32 Å². The number of carbonyl (C=O) groups is 1. The first-order chi connectivity index (χ1) is 10.0. The van der Waals surface area contributed by atoms with Crippen molar-refractivity contribution < 1.29 is 9.18 Å². The average molecular weight is 307 g/mol. The van der Waals surface area contributed by atoms with Crippen LogP contribution in [0.3, 0.4) is 0 Å². The first-order valence-electron chi connectivity index (χ1n) is 6.53. The second-order valence-electron chi connectivity index (χ2n) is 4.62. The Morgan fingerprint density at radius 3 is 2.67 bits per heavy atom. The highest BCUT2D eigenvalue weighted by molar-refractivity contribution is 6.30. The van der Waals surface area contributed by atoms with Crippen LogP contribution >= 0.6 is 11.6 Å². The van der Waals surface area contributed by atoms with Crippen LogP contribution in [0.25, 0.3) is 0 Å². The molecule has 0 aliphatic heterocycles. The van der Waals surface area contributed by atoms with E-state index in [9.17, 15) is 9.18 Å². The highest BCUT2D eigenvalue weighted by Crippen LogP contribution is 2.22. The molecule has 2 N–H and O–H groups in total. The van der Waals surface area contributed by atoms with Gasteiger partial charge in [0, 0.05) is 30.4 Å². The van der Waals surface area contributed by atoms with E-state index in [1.807, 2.05) is 13.0 Å². The maximum Gasteiger partial charge on any atom is 0.251 e. The number of halogens is 2. The first-order valence-corrected chi connectivity index (χ1v) is 6.91. The molecule has 0 radical (unpaired) electrons. The summed E-state index contributed by atoms with van der Waals surface area (Å²) in [5.74, 6) is -0.572. The van der Waals surface area contributed by atoms with Crippen LogP contribution in [0.4, 0.5) is 10.1 Å². The van der Waals surface area contributed by atoms with Gasteiger partial charge >= 0.3 is 0 Å². The van der Waals surface area contributed by atoms with Crippen LogP contribution in [0.1, 0.15) is 21.5 Å². The molecule has 110 valence electrons. The molecule has 2 aromatic carbocycles. The molecule has 1 amide bonds. The van der Waals surface area contributed by atoms with Gasteiger partial charge < -0.3 is 10.6 Å². The van der Waals surface area contributed by atoms with Crippen molar-refractivity contribution in [3.63, 3.8) is 0 Å². The van der Waals surface area contributed by atoms with E-state index in [2.05, 4.69) is 10.6 Å². The van der Waals surface area contributed by atoms with Crippen molar-refractivity contribution >= 4 is 23.2 Å². The van der Waals surface area contributed by atoms with E-state index in [1.54, 1.807) is 31.3 Å². The van der Waals surface area contributed by atoms with Crippen LogP contribution in [0.5, 0.6) is 0 Å². The molecule has 0 saturated carbocycles. The van der Waals surface area contributed by atoms with Gasteiger partial charge in [-0.3, -0.25) is 4.79 Å². The summed E-state index contributed by atoms with van der Waals surface area (Å²) in [6.45, 7) is 2.14. The number of anilines is 1. The van der Waals surface area contributed by atoms with Gasteiger partial charge in [-0.1, -0.05) is 29.8 Å². The van der Waals surface area contributed by atoms with E-state index in [1.165, 1.54) is 6.07 Å². The molecule has 0 unspecified atom stereocenters. The lowest BCUT2D eigenvalue weighted by atomic mass is 10.1. The van der Waals surface area contributed by atoms with E-state index < -0.39 is 5.82 Å². The van der Waals surface area contributed by atoms with Gasteiger partial charge in [-0.2, -0.15) is 0 Å². The average Bonchev–Trinajstić information content (AvgIpc) is 2.49. The minimum atomic E-state index is -0.424. The molecule has 0 aliphatic carbocycles. The highest BCUT2D eigenvalue weighted by Gasteiger charge is 2.11. The Hall–Kier alpha value is -2.07. The topological polar surface area (TPSA) is 41.1 Å². The van der Waals surface area contributed by atoms with E-state index in [4.69, 9.17) is 11.6 Å². The van der Waals surface area contributed by atoms with Crippen molar-refractivity contribution in [2.24, 2.45) is 0 Å². The monoisotopic (exact) mass is 306 g/mol. The maximum absolute atomic E-state index is 13.8. The Morgan fingerprint density at radius 1 is 1.24 bits per heavy atom. The van der Waals surface area contributed by atoms with Crippen molar-refractivity contribution in [2.45, 2.75) is 13.5 Å². The third-order valence-electron chi connectivity index (χ3n) is 3.31. The molecule has 0 saturated heterocycles. The summed E-state index contributed by atoms with van der Waals surface area (Å²) in [4.78, 5) is 11.7. The minimum absolute atomic E-state index is 0.102. The zero-order chi connectivity index (χ0) is 15.4. The number of hydrogen-bond donors (Lipinski definition) is 2. The molecule has 0 aromatic heterocycles. The van der Waals surface area contributed by atoms with Gasteiger partial charge in [-0.15, -0.1) is 0 Å². The Bertz CT molecular complexity index is 673. The molecule has 0 aliphatic rings.